The predicted molar refractivity (Wildman–Crippen MR) is 120 cm³/mol. The van der Waals surface area contributed by atoms with Gasteiger partial charge < -0.3 is 20.6 Å². The number of benzene rings is 1. The SMILES string of the molecule is CCCCNC(=O)C1N([C@H](C)CO)C(=O)[C@@H]2[C@@H](C(=O)Nc3ccccc3)[C@H]3CCC12S3. The molecule has 1 spiro atoms. The quantitative estimate of drug-likeness (QED) is 0.532. The van der Waals surface area contributed by atoms with E-state index in [4.69, 9.17) is 0 Å². The van der Waals surface area contributed by atoms with Gasteiger partial charge in [-0.15, -0.1) is 11.8 Å². The van der Waals surface area contributed by atoms with Crippen molar-refractivity contribution in [1.29, 1.82) is 0 Å². The Morgan fingerprint density at radius 3 is 2.71 bits per heavy atom. The van der Waals surface area contributed by atoms with Crippen molar-refractivity contribution in [3.05, 3.63) is 30.3 Å². The lowest BCUT2D eigenvalue weighted by Crippen LogP contribution is -2.56. The lowest BCUT2D eigenvalue weighted by atomic mass is 9.70. The second kappa shape index (κ2) is 8.82. The number of hydrogen-bond acceptors (Lipinski definition) is 5. The topological polar surface area (TPSA) is 98.7 Å². The third-order valence-electron chi connectivity index (χ3n) is 6.90. The molecule has 3 amide bonds. The molecular formula is C23H31N3O4S. The van der Waals surface area contributed by atoms with E-state index in [-0.39, 0.29) is 29.6 Å². The van der Waals surface area contributed by atoms with E-state index in [2.05, 4.69) is 17.6 Å². The number of thioether (sulfide) groups is 1. The first-order valence-electron chi connectivity index (χ1n) is 11.2. The first-order chi connectivity index (χ1) is 14.9. The molecule has 8 heteroatoms. The normalized spacial score (nSPS) is 32.1. The maximum absolute atomic E-state index is 13.6. The van der Waals surface area contributed by atoms with E-state index in [0.717, 1.165) is 25.7 Å². The van der Waals surface area contributed by atoms with Gasteiger partial charge in [0.25, 0.3) is 0 Å². The number of likely N-dealkylation sites (tertiary alicyclic amines) is 1. The molecule has 0 radical (unpaired) electrons. The number of unbranched alkanes of at least 4 members (excludes halogenated alkanes) is 1. The second-order valence-corrected chi connectivity index (χ2v) is 10.4. The van der Waals surface area contributed by atoms with Crippen molar-refractivity contribution in [3.63, 3.8) is 0 Å². The summed E-state index contributed by atoms with van der Waals surface area (Å²) < 4.78 is -0.611. The van der Waals surface area contributed by atoms with Gasteiger partial charge in [0.2, 0.25) is 17.7 Å². The molecule has 1 aromatic carbocycles. The Balaban J connectivity index is 1.64. The third-order valence-corrected chi connectivity index (χ3v) is 8.85. The van der Waals surface area contributed by atoms with Crippen LogP contribution in [0.15, 0.2) is 30.3 Å². The summed E-state index contributed by atoms with van der Waals surface area (Å²) in [4.78, 5) is 41.8. The number of anilines is 1. The molecule has 7 nitrogen and oxygen atoms in total. The molecule has 0 saturated carbocycles. The number of aliphatic hydroxyl groups is 1. The molecule has 0 aliphatic carbocycles. The van der Waals surface area contributed by atoms with E-state index in [1.807, 2.05) is 30.3 Å². The minimum Gasteiger partial charge on any atom is -0.394 e. The number of para-hydroxylation sites is 1. The largest absolute Gasteiger partial charge is 0.394 e. The van der Waals surface area contributed by atoms with E-state index in [1.165, 1.54) is 0 Å². The highest BCUT2D eigenvalue weighted by molar-refractivity contribution is 8.02. The molecule has 2 unspecified atom stereocenters. The number of hydrogen-bond donors (Lipinski definition) is 3. The van der Waals surface area contributed by atoms with Crippen LogP contribution in [-0.2, 0) is 14.4 Å². The van der Waals surface area contributed by atoms with Gasteiger partial charge in [-0.05, 0) is 38.3 Å². The summed E-state index contributed by atoms with van der Waals surface area (Å²) in [6, 6.07) is 8.11. The van der Waals surface area contributed by atoms with Gasteiger partial charge in [-0.3, -0.25) is 14.4 Å². The van der Waals surface area contributed by atoms with Crippen LogP contribution >= 0.6 is 11.8 Å². The van der Waals surface area contributed by atoms with Gasteiger partial charge in [0.15, 0.2) is 0 Å². The summed E-state index contributed by atoms with van der Waals surface area (Å²) in [6.45, 7) is 4.17. The van der Waals surface area contributed by atoms with E-state index in [1.54, 1.807) is 23.6 Å². The van der Waals surface area contributed by atoms with Gasteiger partial charge in [-0.2, -0.15) is 0 Å². The van der Waals surface area contributed by atoms with Crippen LogP contribution in [0.5, 0.6) is 0 Å². The molecule has 168 valence electrons. The number of rotatable bonds is 8. The molecular weight excluding hydrogens is 414 g/mol. The zero-order valence-electron chi connectivity index (χ0n) is 18.0. The van der Waals surface area contributed by atoms with E-state index in [9.17, 15) is 19.5 Å². The van der Waals surface area contributed by atoms with Crippen LogP contribution in [0.4, 0.5) is 5.69 Å². The lowest BCUT2D eigenvalue weighted by molar-refractivity contribution is -0.141. The monoisotopic (exact) mass is 445 g/mol. The molecule has 6 atom stereocenters. The Hall–Kier alpha value is -2.06. The van der Waals surface area contributed by atoms with Gasteiger partial charge in [0.05, 0.1) is 29.2 Å². The smallest absolute Gasteiger partial charge is 0.244 e. The van der Waals surface area contributed by atoms with Gasteiger partial charge in [-0.25, -0.2) is 0 Å². The van der Waals surface area contributed by atoms with Gasteiger partial charge in [0.1, 0.15) is 6.04 Å². The Kier molecular flexibility index (Phi) is 6.30. The van der Waals surface area contributed by atoms with Crippen molar-refractivity contribution in [2.45, 2.75) is 61.6 Å². The second-order valence-electron chi connectivity index (χ2n) is 8.83. The van der Waals surface area contributed by atoms with Gasteiger partial charge >= 0.3 is 0 Å². The number of fused-ring (bicyclic) bond motifs is 1. The minimum absolute atomic E-state index is 0.0233. The van der Waals surface area contributed by atoms with Crippen molar-refractivity contribution in [1.82, 2.24) is 10.2 Å². The number of carbonyl (C=O) groups is 3. The van der Waals surface area contributed by atoms with Crippen molar-refractivity contribution in [2.75, 3.05) is 18.5 Å². The van der Waals surface area contributed by atoms with Crippen LogP contribution in [0, 0.1) is 11.8 Å². The highest BCUT2D eigenvalue weighted by Gasteiger charge is 2.73. The highest BCUT2D eigenvalue weighted by atomic mass is 32.2. The lowest BCUT2D eigenvalue weighted by Gasteiger charge is -2.36. The summed E-state index contributed by atoms with van der Waals surface area (Å²) in [5.41, 5.74) is 0.703. The summed E-state index contributed by atoms with van der Waals surface area (Å²) in [7, 11) is 0. The number of nitrogens with zero attached hydrogens (tertiary/aromatic N) is 1. The summed E-state index contributed by atoms with van der Waals surface area (Å²) >= 11 is 1.64. The molecule has 3 aliphatic rings. The van der Waals surface area contributed by atoms with E-state index < -0.39 is 28.7 Å². The third kappa shape index (κ3) is 3.63. The van der Waals surface area contributed by atoms with Gasteiger partial charge in [0, 0.05) is 17.5 Å². The van der Waals surface area contributed by atoms with Crippen LogP contribution < -0.4 is 10.6 Å². The summed E-state index contributed by atoms with van der Waals surface area (Å²) in [5, 5.41) is 15.8. The first kappa shape index (κ1) is 22.1. The fourth-order valence-electron chi connectivity index (χ4n) is 5.49. The highest BCUT2D eigenvalue weighted by Crippen LogP contribution is 2.66. The zero-order valence-corrected chi connectivity index (χ0v) is 18.9. The molecule has 3 fully saturated rings. The molecule has 3 N–H and O–H groups in total. The average Bonchev–Trinajstić information content (AvgIpc) is 3.41. The minimum atomic E-state index is -0.659. The molecule has 4 rings (SSSR count). The van der Waals surface area contributed by atoms with Crippen LogP contribution in [-0.4, -0.2) is 63.0 Å². The molecule has 3 saturated heterocycles. The number of amides is 3. The Morgan fingerprint density at radius 1 is 1.29 bits per heavy atom. The Bertz CT molecular complexity index is 850. The van der Waals surface area contributed by atoms with Crippen molar-refractivity contribution in [3.8, 4) is 0 Å². The number of aliphatic hydroxyl groups excluding tert-OH is 1. The van der Waals surface area contributed by atoms with Crippen molar-refractivity contribution >= 4 is 35.2 Å². The number of nitrogens with one attached hydrogen (secondary N) is 2. The molecule has 0 aromatic heterocycles. The summed E-state index contributed by atoms with van der Waals surface area (Å²) in [5.74, 6) is -1.53. The van der Waals surface area contributed by atoms with Crippen LogP contribution in [0.1, 0.15) is 39.5 Å². The van der Waals surface area contributed by atoms with Crippen LogP contribution in [0.2, 0.25) is 0 Å². The molecule has 3 aliphatic heterocycles. The van der Waals surface area contributed by atoms with Gasteiger partial charge in [-0.1, -0.05) is 31.5 Å². The molecule has 2 bridgehead atoms. The standard InChI is InChI=1S/C23H31N3O4S/c1-3-4-12-24-21(29)19-23-11-10-16(31-23)17(18(23)22(30)26(19)14(2)13-27)20(28)25-15-8-6-5-7-9-15/h5-9,14,16-19,27H,3-4,10-13H2,1-2H3,(H,24,29)(H,25,28)/t14-,16-,17+,18+,19?,23?/m1/s1. The maximum Gasteiger partial charge on any atom is 0.244 e. The summed E-state index contributed by atoms with van der Waals surface area (Å²) in [6.07, 6.45) is 3.37. The zero-order chi connectivity index (χ0) is 22.2. The predicted octanol–water partition coefficient (Wildman–Crippen LogP) is 2.01. The maximum atomic E-state index is 13.6. The van der Waals surface area contributed by atoms with E-state index in [0.29, 0.717) is 12.2 Å². The van der Waals surface area contributed by atoms with Crippen LogP contribution in [0.3, 0.4) is 0 Å². The molecule has 3 heterocycles. The fourth-order valence-corrected chi connectivity index (χ4v) is 7.69. The molecule has 31 heavy (non-hydrogen) atoms. The Morgan fingerprint density at radius 2 is 2.03 bits per heavy atom. The van der Waals surface area contributed by atoms with E-state index >= 15 is 0 Å². The van der Waals surface area contributed by atoms with Crippen molar-refractivity contribution < 1.29 is 19.5 Å². The number of carbonyl (C=O) groups excluding carboxylic acids is 3. The average molecular weight is 446 g/mol. The fraction of sp³-hybridized carbons (Fsp3) is 0.609. The van der Waals surface area contributed by atoms with Crippen LogP contribution in [0.25, 0.3) is 0 Å². The Labute approximate surface area is 187 Å². The first-order valence-corrected chi connectivity index (χ1v) is 12.1. The van der Waals surface area contributed by atoms with Crippen molar-refractivity contribution in [2.24, 2.45) is 11.8 Å². The molecule has 1 aromatic rings.